The van der Waals surface area contributed by atoms with Crippen LogP contribution in [0, 0.1) is 0 Å². The van der Waals surface area contributed by atoms with Crippen LogP contribution in [-0.4, -0.2) is 71.1 Å². The summed E-state index contributed by atoms with van der Waals surface area (Å²) in [4.78, 5) is 13.7. The number of rotatable bonds is 8. The molecule has 1 aromatic carbocycles. The molecule has 140 valence electrons. The Hall–Kier alpha value is -1.80. The van der Waals surface area contributed by atoms with Gasteiger partial charge in [0.15, 0.2) is 21.3 Å². The quantitative estimate of drug-likeness (QED) is 0.670. The second kappa shape index (κ2) is 8.53. The number of amides is 1. The van der Waals surface area contributed by atoms with Crippen molar-refractivity contribution in [2.75, 3.05) is 45.9 Å². The van der Waals surface area contributed by atoms with E-state index in [-0.39, 0.29) is 30.0 Å². The fraction of sp³-hybridized carbons (Fsp3) is 0.588. The van der Waals surface area contributed by atoms with Gasteiger partial charge in [0.1, 0.15) is 0 Å². The zero-order valence-corrected chi connectivity index (χ0v) is 15.8. The van der Waals surface area contributed by atoms with Gasteiger partial charge in [0.25, 0.3) is 0 Å². The van der Waals surface area contributed by atoms with Gasteiger partial charge in [-0.3, -0.25) is 4.79 Å². The topological polar surface area (TPSA) is 84.9 Å². The van der Waals surface area contributed by atoms with E-state index in [1.807, 2.05) is 18.2 Å². The maximum absolute atomic E-state index is 12.2. The molecule has 1 aromatic rings. The first-order valence-electron chi connectivity index (χ1n) is 8.24. The largest absolute Gasteiger partial charge is 0.493 e. The lowest BCUT2D eigenvalue weighted by Crippen LogP contribution is -2.42. The molecular formula is C17H26N2O5S. The highest BCUT2D eigenvalue weighted by Gasteiger charge is 2.32. The molecule has 1 aliphatic rings. The van der Waals surface area contributed by atoms with Gasteiger partial charge in [-0.2, -0.15) is 0 Å². The molecule has 1 fully saturated rings. The Morgan fingerprint density at radius 2 is 2.00 bits per heavy atom. The van der Waals surface area contributed by atoms with Gasteiger partial charge in [-0.1, -0.05) is 6.07 Å². The number of ether oxygens (including phenoxy) is 2. The zero-order valence-electron chi connectivity index (χ0n) is 14.9. The van der Waals surface area contributed by atoms with E-state index in [0.717, 1.165) is 12.0 Å². The van der Waals surface area contributed by atoms with E-state index in [2.05, 4.69) is 5.32 Å². The number of likely N-dealkylation sites (N-methyl/N-ethyl adjacent to an activating group) is 1. The zero-order chi connectivity index (χ0) is 18.4. The fourth-order valence-electron chi connectivity index (χ4n) is 2.87. The van der Waals surface area contributed by atoms with Crippen LogP contribution in [-0.2, 0) is 21.1 Å². The van der Waals surface area contributed by atoms with E-state index in [0.29, 0.717) is 24.5 Å². The number of nitrogens with zero attached hydrogens (tertiary/aromatic N) is 1. The van der Waals surface area contributed by atoms with Crippen LogP contribution in [0.1, 0.15) is 12.0 Å². The van der Waals surface area contributed by atoms with Crippen molar-refractivity contribution < 1.29 is 22.7 Å². The maximum atomic E-state index is 12.2. The van der Waals surface area contributed by atoms with Gasteiger partial charge < -0.3 is 19.7 Å². The van der Waals surface area contributed by atoms with E-state index in [1.165, 1.54) is 0 Å². The molecular weight excluding hydrogens is 344 g/mol. The summed E-state index contributed by atoms with van der Waals surface area (Å²) in [6.45, 7) is 0.832. The first-order valence-corrected chi connectivity index (χ1v) is 10.1. The number of hydrogen-bond donors (Lipinski definition) is 1. The van der Waals surface area contributed by atoms with Gasteiger partial charge in [-0.15, -0.1) is 0 Å². The molecule has 0 aliphatic carbocycles. The van der Waals surface area contributed by atoms with Crippen molar-refractivity contribution >= 4 is 15.7 Å². The molecule has 1 saturated heterocycles. The van der Waals surface area contributed by atoms with Gasteiger partial charge in [0, 0.05) is 13.1 Å². The third-order valence-corrected chi connectivity index (χ3v) is 6.21. The molecule has 1 aliphatic heterocycles. The molecule has 2 rings (SSSR count). The van der Waals surface area contributed by atoms with E-state index in [1.54, 1.807) is 26.2 Å². The minimum Gasteiger partial charge on any atom is -0.493 e. The van der Waals surface area contributed by atoms with Crippen molar-refractivity contribution in [2.24, 2.45) is 0 Å². The number of hydrogen-bond acceptors (Lipinski definition) is 6. The molecule has 1 atom stereocenters. The van der Waals surface area contributed by atoms with Crippen molar-refractivity contribution in [1.29, 1.82) is 0 Å². The summed E-state index contributed by atoms with van der Waals surface area (Å²) in [6, 6.07) is 5.52. The van der Waals surface area contributed by atoms with Crippen molar-refractivity contribution in [3.05, 3.63) is 23.8 Å². The van der Waals surface area contributed by atoms with E-state index < -0.39 is 9.84 Å². The number of sulfone groups is 1. The van der Waals surface area contributed by atoms with E-state index in [4.69, 9.17) is 9.47 Å². The molecule has 25 heavy (non-hydrogen) atoms. The molecule has 0 saturated carbocycles. The Morgan fingerprint density at radius 1 is 1.28 bits per heavy atom. The fourth-order valence-corrected chi connectivity index (χ4v) is 4.65. The van der Waals surface area contributed by atoms with Crippen molar-refractivity contribution in [3.8, 4) is 11.5 Å². The van der Waals surface area contributed by atoms with Crippen molar-refractivity contribution in [3.63, 3.8) is 0 Å². The minimum absolute atomic E-state index is 0.0703. The molecule has 1 N–H and O–H groups in total. The highest BCUT2D eigenvalue weighted by Crippen LogP contribution is 2.27. The summed E-state index contributed by atoms with van der Waals surface area (Å²) in [5.41, 5.74) is 1.08. The van der Waals surface area contributed by atoms with E-state index >= 15 is 0 Å². The first kappa shape index (κ1) is 19.5. The van der Waals surface area contributed by atoms with Crippen LogP contribution >= 0.6 is 0 Å². The molecule has 1 unspecified atom stereocenters. The lowest BCUT2D eigenvalue weighted by atomic mass is 10.1. The predicted molar refractivity (Wildman–Crippen MR) is 95.9 cm³/mol. The molecule has 0 bridgehead atoms. The SMILES string of the molecule is COc1ccc(CCNCC(=O)N(C)C2CCS(=O)(=O)C2)cc1OC. The first-order chi connectivity index (χ1) is 11.9. The Morgan fingerprint density at radius 3 is 2.60 bits per heavy atom. The normalized spacial score (nSPS) is 18.8. The predicted octanol–water partition coefficient (Wildman–Crippen LogP) is 0.481. The molecule has 1 amide bonds. The van der Waals surface area contributed by atoms with Crippen LogP contribution in [0.3, 0.4) is 0 Å². The highest BCUT2D eigenvalue weighted by atomic mass is 32.2. The smallest absolute Gasteiger partial charge is 0.236 e. The van der Waals surface area contributed by atoms with Gasteiger partial charge in [0.05, 0.1) is 32.3 Å². The number of carbonyl (C=O) groups excluding carboxylic acids is 1. The maximum Gasteiger partial charge on any atom is 0.236 e. The third kappa shape index (κ3) is 5.34. The lowest BCUT2D eigenvalue weighted by Gasteiger charge is -2.23. The Kier molecular flexibility index (Phi) is 6.66. The van der Waals surface area contributed by atoms with Crippen molar-refractivity contribution in [2.45, 2.75) is 18.9 Å². The summed E-state index contributed by atoms with van der Waals surface area (Å²) in [5.74, 6) is 1.51. The second-order valence-corrected chi connectivity index (χ2v) is 8.41. The van der Waals surface area contributed by atoms with Crippen molar-refractivity contribution in [1.82, 2.24) is 10.2 Å². The summed E-state index contributed by atoms with van der Waals surface area (Å²) in [6.07, 6.45) is 1.27. The van der Waals surface area contributed by atoms with Gasteiger partial charge >= 0.3 is 0 Å². The monoisotopic (exact) mass is 370 g/mol. The van der Waals surface area contributed by atoms with Gasteiger partial charge in [-0.25, -0.2) is 8.42 Å². The Balaban J connectivity index is 1.76. The van der Waals surface area contributed by atoms with Crippen LogP contribution in [0.4, 0.5) is 0 Å². The number of benzene rings is 1. The van der Waals surface area contributed by atoms with Crippen LogP contribution in [0.25, 0.3) is 0 Å². The number of methoxy groups -OCH3 is 2. The number of nitrogens with one attached hydrogen (secondary N) is 1. The van der Waals surface area contributed by atoms with Crippen LogP contribution in [0.15, 0.2) is 18.2 Å². The average molecular weight is 370 g/mol. The summed E-state index contributed by atoms with van der Waals surface area (Å²) >= 11 is 0. The van der Waals surface area contributed by atoms with Gasteiger partial charge in [-0.05, 0) is 37.1 Å². The molecule has 1 heterocycles. The summed E-state index contributed by atoms with van der Waals surface area (Å²) in [7, 11) is 1.88. The minimum atomic E-state index is -2.98. The molecule has 0 aromatic heterocycles. The van der Waals surface area contributed by atoms with Crippen LogP contribution in [0.2, 0.25) is 0 Å². The third-order valence-electron chi connectivity index (χ3n) is 4.46. The molecule has 7 nitrogen and oxygen atoms in total. The van der Waals surface area contributed by atoms with Crippen LogP contribution < -0.4 is 14.8 Å². The standard InChI is InChI=1S/C17H26N2O5S/c1-19(14-7-9-25(21,22)12-14)17(20)11-18-8-6-13-4-5-15(23-2)16(10-13)24-3/h4-5,10,14,18H,6-9,11-12H2,1-3H3. The summed E-state index contributed by atoms with van der Waals surface area (Å²) in [5, 5.41) is 3.11. The lowest BCUT2D eigenvalue weighted by molar-refractivity contribution is -0.130. The molecule has 0 spiro atoms. The Labute approximate surface area is 149 Å². The average Bonchev–Trinajstić information content (AvgIpc) is 2.97. The van der Waals surface area contributed by atoms with Crippen LogP contribution in [0.5, 0.6) is 11.5 Å². The highest BCUT2D eigenvalue weighted by molar-refractivity contribution is 7.91. The molecule has 8 heteroatoms. The number of carbonyl (C=O) groups is 1. The Bertz CT molecular complexity index is 705. The van der Waals surface area contributed by atoms with Gasteiger partial charge in [0.2, 0.25) is 5.91 Å². The van der Waals surface area contributed by atoms with E-state index in [9.17, 15) is 13.2 Å². The summed E-state index contributed by atoms with van der Waals surface area (Å²) < 4.78 is 33.5. The molecule has 0 radical (unpaired) electrons. The second-order valence-electron chi connectivity index (χ2n) is 6.18.